The molecule has 0 spiro atoms. The highest BCUT2D eigenvalue weighted by atomic mass is 16.7. The third-order valence-corrected chi connectivity index (χ3v) is 10.5. The fraction of sp³-hybridized carbons (Fsp3) is 0.929. The molecule has 0 aliphatic heterocycles. The molecule has 8 bridgehead atoms. The smallest absolute Gasteiger partial charge is 0.315 e. The Morgan fingerprint density at radius 1 is 0.656 bits per heavy atom. The van der Waals surface area contributed by atoms with Gasteiger partial charge in [0.1, 0.15) is 0 Å². The SMILES string of the molecule is CCCCCC(OC(=O)C12CC3CC(CC(C3)C1)C2)OC(=O)C12CC3CC(CC(C3)C1)C2. The van der Waals surface area contributed by atoms with E-state index >= 15 is 0 Å². The maximum Gasteiger partial charge on any atom is 0.315 e. The van der Waals surface area contributed by atoms with Gasteiger partial charge >= 0.3 is 11.9 Å². The van der Waals surface area contributed by atoms with Crippen molar-refractivity contribution in [3.63, 3.8) is 0 Å². The molecule has 8 rings (SSSR count). The zero-order valence-corrected chi connectivity index (χ0v) is 20.0. The molecule has 0 radical (unpaired) electrons. The number of rotatable bonds is 8. The van der Waals surface area contributed by atoms with Crippen molar-refractivity contribution in [2.24, 2.45) is 46.3 Å². The number of ether oxygens (including phenoxy) is 2. The minimum absolute atomic E-state index is 0.0450. The van der Waals surface area contributed by atoms with Gasteiger partial charge in [-0.15, -0.1) is 0 Å². The minimum Gasteiger partial charge on any atom is -0.425 e. The van der Waals surface area contributed by atoms with Crippen molar-refractivity contribution in [3.8, 4) is 0 Å². The molecule has 0 N–H and O–H groups in total. The standard InChI is InChI=1S/C28H42O4/c1-2-3-4-5-24(31-25(29)27-12-18-6-19(13-27)8-20(7-18)14-27)32-26(30)28-15-21-9-22(16-28)11-23(10-21)17-28/h18-24H,2-17H2,1H3. The zero-order valence-electron chi connectivity index (χ0n) is 20.0. The summed E-state index contributed by atoms with van der Waals surface area (Å²) in [5.74, 6) is 4.17. The summed E-state index contributed by atoms with van der Waals surface area (Å²) in [5.41, 5.74) is -0.574. The summed E-state index contributed by atoms with van der Waals surface area (Å²) in [6.45, 7) is 2.18. The van der Waals surface area contributed by atoms with Gasteiger partial charge in [-0.25, -0.2) is 0 Å². The van der Waals surface area contributed by atoms with Gasteiger partial charge in [-0.2, -0.15) is 0 Å². The van der Waals surface area contributed by atoms with Crippen molar-refractivity contribution < 1.29 is 19.1 Å². The van der Waals surface area contributed by atoms with E-state index in [1.165, 1.54) is 38.5 Å². The van der Waals surface area contributed by atoms with E-state index < -0.39 is 6.29 Å². The summed E-state index contributed by atoms with van der Waals surface area (Å²) in [5, 5.41) is 0. The molecule has 0 amide bonds. The number of esters is 2. The summed E-state index contributed by atoms with van der Waals surface area (Å²) in [7, 11) is 0. The van der Waals surface area contributed by atoms with Crippen molar-refractivity contribution in [2.75, 3.05) is 0 Å². The molecule has 0 aromatic rings. The first-order valence-electron chi connectivity index (χ1n) is 13.9. The van der Waals surface area contributed by atoms with Gasteiger partial charge in [-0.1, -0.05) is 19.8 Å². The van der Waals surface area contributed by atoms with Crippen molar-refractivity contribution >= 4 is 11.9 Å². The summed E-state index contributed by atoms with van der Waals surface area (Å²) < 4.78 is 12.3. The van der Waals surface area contributed by atoms with Crippen LogP contribution in [0.3, 0.4) is 0 Å². The van der Waals surface area contributed by atoms with E-state index in [4.69, 9.17) is 9.47 Å². The second-order valence-corrected chi connectivity index (χ2v) is 13.1. The molecule has 4 heteroatoms. The van der Waals surface area contributed by atoms with Gasteiger partial charge in [-0.05, 0) is 119 Å². The lowest BCUT2D eigenvalue weighted by atomic mass is 9.49. The Labute approximate surface area is 193 Å². The number of hydrogen-bond acceptors (Lipinski definition) is 4. The predicted molar refractivity (Wildman–Crippen MR) is 121 cm³/mol. The van der Waals surface area contributed by atoms with Crippen molar-refractivity contribution in [1.82, 2.24) is 0 Å². The van der Waals surface area contributed by atoms with Crippen molar-refractivity contribution in [3.05, 3.63) is 0 Å². The molecule has 178 valence electrons. The lowest BCUT2D eigenvalue weighted by Crippen LogP contribution is -2.52. The van der Waals surface area contributed by atoms with Gasteiger partial charge in [0, 0.05) is 6.42 Å². The van der Waals surface area contributed by atoms with Crippen molar-refractivity contribution in [1.29, 1.82) is 0 Å². The molecule has 0 aromatic heterocycles. The number of carbonyl (C=O) groups is 2. The van der Waals surface area contributed by atoms with Crippen LogP contribution in [-0.4, -0.2) is 18.2 Å². The van der Waals surface area contributed by atoms with Crippen LogP contribution in [-0.2, 0) is 19.1 Å². The summed E-state index contributed by atoms with van der Waals surface area (Å²) >= 11 is 0. The quantitative estimate of drug-likeness (QED) is 0.247. The third-order valence-electron chi connectivity index (χ3n) is 10.5. The zero-order chi connectivity index (χ0) is 21.9. The summed E-state index contributed by atoms with van der Waals surface area (Å²) in [6, 6.07) is 0. The van der Waals surface area contributed by atoms with E-state index in [1.807, 2.05) is 0 Å². The van der Waals surface area contributed by atoms with E-state index in [9.17, 15) is 9.59 Å². The summed E-state index contributed by atoms with van der Waals surface area (Å²) in [4.78, 5) is 27.1. The molecular weight excluding hydrogens is 400 g/mol. The van der Waals surface area contributed by atoms with Crippen LogP contribution in [0.15, 0.2) is 0 Å². The van der Waals surface area contributed by atoms with Crippen LogP contribution in [0, 0.1) is 46.3 Å². The van der Waals surface area contributed by atoms with Gasteiger partial charge in [0.15, 0.2) is 0 Å². The lowest BCUT2D eigenvalue weighted by Gasteiger charge is -2.55. The topological polar surface area (TPSA) is 52.6 Å². The molecular formula is C28H42O4. The minimum atomic E-state index is -0.678. The highest BCUT2D eigenvalue weighted by molar-refractivity contribution is 5.79. The molecule has 0 heterocycles. The van der Waals surface area contributed by atoms with E-state index in [-0.39, 0.29) is 22.8 Å². The van der Waals surface area contributed by atoms with Crippen LogP contribution in [0.1, 0.15) is 110 Å². The largest absolute Gasteiger partial charge is 0.425 e. The molecule has 0 unspecified atom stereocenters. The molecule has 8 aliphatic carbocycles. The van der Waals surface area contributed by atoms with Gasteiger partial charge in [0.25, 0.3) is 0 Å². The number of hydrogen-bond donors (Lipinski definition) is 0. The van der Waals surface area contributed by atoms with Crippen LogP contribution >= 0.6 is 0 Å². The van der Waals surface area contributed by atoms with E-state index in [1.54, 1.807) is 0 Å². The average Bonchev–Trinajstić information content (AvgIpc) is 2.72. The van der Waals surface area contributed by atoms with Crippen molar-refractivity contribution in [2.45, 2.75) is 116 Å². The molecule has 8 fully saturated rings. The maximum atomic E-state index is 13.6. The normalized spacial score (nSPS) is 46.3. The highest BCUT2D eigenvalue weighted by Gasteiger charge is 2.57. The first kappa shape index (κ1) is 21.5. The molecule has 4 nitrogen and oxygen atoms in total. The second-order valence-electron chi connectivity index (χ2n) is 13.1. The van der Waals surface area contributed by atoms with Gasteiger partial charge in [0.05, 0.1) is 10.8 Å². The summed E-state index contributed by atoms with van der Waals surface area (Å²) in [6.07, 6.45) is 17.0. The van der Waals surface area contributed by atoms with Crippen LogP contribution in [0.2, 0.25) is 0 Å². The first-order valence-corrected chi connectivity index (χ1v) is 13.9. The Kier molecular flexibility index (Phi) is 5.38. The van der Waals surface area contributed by atoms with Gasteiger partial charge in [0.2, 0.25) is 6.29 Å². The van der Waals surface area contributed by atoms with Gasteiger partial charge in [-0.3, -0.25) is 9.59 Å². The van der Waals surface area contributed by atoms with Gasteiger partial charge < -0.3 is 9.47 Å². The Balaban J connectivity index is 1.15. The van der Waals surface area contributed by atoms with E-state index in [2.05, 4.69) is 6.92 Å². The molecule has 32 heavy (non-hydrogen) atoms. The van der Waals surface area contributed by atoms with Crippen LogP contribution in [0.5, 0.6) is 0 Å². The predicted octanol–water partition coefficient (Wildman–Crippen LogP) is 6.41. The molecule has 0 saturated heterocycles. The molecule has 0 aromatic carbocycles. The Bertz CT molecular complexity index is 626. The molecule has 0 atom stereocenters. The Hall–Kier alpha value is -1.06. The fourth-order valence-corrected chi connectivity index (χ4v) is 9.91. The number of unbranched alkanes of at least 4 members (excludes halogenated alkanes) is 2. The molecule has 8 aliphatic rings. The Morgan fingerprint density at radius 2 is 1.00 bits per heavy atom. The fourth-order valence-electron chi connectivity index (χ4n) is 9.91. The highest BCUT2D eigenvalue weighted by Crippen LogP contribution is 2.62. The lowest BCUT2D eigenvalue weighted by molar-refractivity contribution is -0.216. The third kappa shape index (κ3) is 3.72. The average molecular weight is 443 g/mol. The molecule has 8 saturated carbocycles. The number of carbonyl (C=O) groups excluding carboxylic acids is 2. The van der Waals surface area contributed by atoms with Crippen LogP contribution < -0.4 is 0 Å². The second kappa shape index (κ2) is 8.01. The van der Waals surface area contributed by atoms with E-state index in [0.29, 0.717) is 41.9 Å². The monoisotopic (exact) mass is 442 g/mol. The van der Waals surface area contributed by atoms with E-state index in [0.717, 1.165) is 57.8 Å². The first-order chi connectivity index (χ1) is 15.5. The van der Waals surface area contributed by atoms with Crippen LogP contribution in [0.4, 0.5) is 0 Å². The van der Waals surface area contributed by atoms with Crippen LogP contribution in [0.25, 0.3) is 0 Å². The Morgan fingerprint density at radius 3 is 1.31 bits per heavy atom. The maximum absolute atomic E-state index is 13.6.